The Morgan fingerprint density at radius 1 is 0.870 bits per heavy atom. The summed E-state index contributed by atoms with van der Waals surface area (Å²) < 4.78 is 11.8. The minimum absolute atomic E-state index is 0.0352. The monoisotopic (exact) mass is 648 g/mol. The average Bonchev–Trinajstić information content (AvgIpc) is 2.98. The molecule has 5 aliphatic carbocycles. The predicted octanol–water partition coefficient (Wildman–Crippen LogP) is 4.12. The van der Waals surface area contributed by atoms with Crippen LogP contribution < -0.4 is 0 Å². The summed E-state index contributed by atoms with van der Waals surface area (Å²) in [5.74, 6) is -1.70. The van der Waals surface area contributed by atoms with Gasteiger partial charge in [0.2, 0.25) is 0 Å². The summed E-state index contributed by atoms with van der Waals surface area (Å²) in [4.78, 5) is 24.7. The number of carboxylic acids is 2. The van der Waals surface area contributed by atoms with Gasteiger partial charge < -0.3 is 40.1 Å². The molecule has 6 aliphatic rings. The predicted molar refractivity (Wildman–Crippen MR) is 167 cm³/mol. The number of hydrogen-bond donors (Lipinski definition) is 6. The first-order chi connectivity index (χ1) is 21.3. The highest BCUT2D eigenvalue weighted by atomic mass is 16.7. The van der Waals surface area contributed by atoms with Crippen LogP contribution >= 0.6 is 0 Å². The Morgan fingerprint density at radius 2 is 1.54 bits per heavy atom. The Bertz CT molecular complexity index is 1280. The molecule has 10 nitrogen and oxygen atoms in total. The molecular weight excluding hydrogens is 592 g/mol. The van der Waals surface area contributed by atoms with Crippen molar-refractivity contribution in [2.24, 2.45) is 50.2 Å². The Hall–Kier alpha value is -1.56. The molecule has 6 rings (SSSR count). The van der Waals surface area contributed by atoms with Crippen LogP contribution in [0, 0.1) is 50.2 Å². The summed E-state index contributed by atoms with van der Waals surface area (Å²) in [6, 6.07) is 0. The van der Waals surface area contributed by atoms with Crippen LogP contribution in [-0.2, 0) is 19.1 Å². The van der Waals surface area contributed by atoms with Gasteiger partial charge in [-0.2, -0.15) is 0 Å². The molecule has 6 N–H and O–H groups in total. The third-order valence-electron chi connectivity index (χ3n) is 15.3. The van der Waals surface area contributed by atoms with E-state index >= 15 is 0 Å². The smallest absolute Gasteiger partial charge is 0.335 e. The van der Waals surface area contributed by atoms with Gasteiger partial charge in [0.1, 0.15) is 18.3 Å². The molecule has 0 aromatic rings. The second-order valence-corrected chi connectivity index (χ2v) is 17.7. The van der Waals surface area contributed by atoms with E-state index in [1.165, 1.54) is 5.57 Å². The van der Waals surface area contributed by atoms with E-state index in [4.69, 9.17) is 9.47 Å². The SMILES string of the molecule is CC1(C)CC[C@]2(C(=O)O)CC[C@]3(C)C(=CC[C@@H]4[C@@]5(C)CC[C@H](O[C@@H]6O[C@H](C(=O)O)[C@@H](O)[C@H](O)[C@H]6O)[C@@](C)(CO)[C@@H]5CC[C@]43C)[C@H]2C1. The first kappa shape index (κ1) is 34.3. The minimum atomic E-state index is -1.80. The van der Waals surface area contributed by atoms with Gasteiger partial charge in [0, 0.05) is 5.41 Å². The lowest BCUT2D eigenvalue weighted by atomic mass is 9.33. The van der Waals surface area contributed by atoms with Crippen molar-refractivity contribution in [3.63, 3.8) is 0 Å². The Kier molecular flexibility index (Phi) is 8.18. The summed E-state index contributed by atoms with van der Waals surface area (Å²) >= 11 is 0. The van der Waals surface area contributed by atoms with Crippen molar-refractivity contribution in [3.8, 4) is 0 Å². The molecule has 0 unspecified atom stereocenters. The fraction of sp³-hybridized carbons (Fsp3) is 0.889. The minimum Gasteiger partial charge on any atom is -0.481 e. The third kappa shape index (κ3) is 4.56. The Labute approximate surface area is 272 Å². The molecule has 0 aromatic heterocycles. The zero-order valence-electron chi connectivity index (χ0n) is 28.4. The van der Waals surface area contributed by atoms with E-state index in [1.54, 1.807) is 0 Å². The quantitative estimate of drug-likeness (QED) is 0.188. The van der Waals surface area contributed by atoms with Crippen molar-refractivity contribution in [2.75, 3.05) is 6.61 Å². The number of allylic oxidation sites excluding steroid dienone is 2. The Morgan fingerprint density at radius 3 is 2.17 bits per heavy atom. The maximum Gasteiger partial charge on any atom is 0.335 e. The van der Waals surface area contributed by atoms with Gasteiger partial charge in [-0.15, -0.1) is 0 Å². The van der Waals surface area contributed by atoms with E-state index in [1.807, 2.05) is 6.92 Å². The number of carboxylic acid groups (broad SMARTS) is 2. The summed E-state index contributed by atoms with van der Waals surface area (Å²) in [6.07, 6.45) is 1.53. The summed E-state index contributed by atoms with van der Waals surface area (Å²) in [7, 11) is 0. The lowest BCUT2D eigenvalue weighted by Crippen LogP contribution is -2.67. The van der Waals surface area contributed by atoms with Crippen molar-refractivity contribution < 1.29 is 49.7 Å². The van der Waals surface area contributed by atoms with Crippen molar-refractivity contribution in [1.82, 2.24) is 0 Å². The molecule has 0 radical (unpaired) electrons. The van der Waals surface area contributed by atoms with Crippen molar-refractivity contribution in [2.45, 2.75) is 143 Å². The topological polar surface area (TPSA) is 174 Å². The molecule has 4 saturated carbocycles. The molecule has 1 saturated heterocycles. The number of aliphatic carboxylic acids is 2. The van der Waals surface area contributed by atoms with E-state index in [0.29, 0.717) is 18.8 Å². The highest BCUT2D eigenvalue weighted by Crippen LogP contribution is 2.76. The van der Waals surface area contributed by atoms with Crippen molar-refractivity contribution >= 4 is 11.9 Å². The van der Waals surface area contributed by atoms with E-state index in [9.17, 15) is 40.2 Å². The van der Waals surface area contributed by atoms with E-state index in [2.05, 4.69) is 40.7 Å². The normalized spacial score (nSPS) is 53.1. The van der Waals surface area contributed by atoms with Crippen LogP contribution in [0.3, 0.4) is 0 Å². The van der Waals surface area contributed by atoms with Gasteiger partial charge in [-0.3, -0.25) is 4.79 Å². The summed E-state index contributed by atoms with van der Waals surface area (Å²) in [5.41, 5.74) is -0.309. The molecule has 1 aliphatic heterocycles. The van der Waals surface area contributed by atoms with E-state index in [0.717, 1.165) is 51.4 Å². The number of rotatable bonds is 5. The molecule has 14 atom stereocenters. The van der Waals surface area contributed by atoms with E-state index in [-0.39, 0.29) is 40.1 Å². The second kappa shape index (κ2) is 11.0. The molecule has 0 aromatic carbocycles. The molecule has 46 heavy (non-hydrogen) atoms. The molecule has 0 bridgehead atoms. The fourth-order valence-electron chi connectivity index (χ4n) is 12.2. The second-order valence-electron chi connectivity index (χ2n) is 17.7. The Balaban J connectivity index is 1.31. The molecular formula is C36H56O10. The van der Waals surface area contributed by atoms with Gasteiger partial charge in [0.05, 0.1) is 18.1 Å². The lowest BCUT2D eigenvalue weighted by Gasteiger charge is -2.71. The third-order valence-corrected chi connectivity index (χ3v) is 15.3. The molecule has 0 spiro atoms. The number of aliphatic hydroxyl groups is 4. The number of aliphatic hydroxyl groups excluding tert-OH is 4. The molecule has 260 valence electrons. The van der Waals surface area contributed by atoms with Crippen LogP contribution in [0.15, 0.2) is 11.6 Å². The molecule has 0 amide bonds. The van der Waals surface area contributed by atoms with Crippen LogP contribution in [0.2, 0.25) is 0 Å². The first-order valence-electron chi connectivity index (χ1n) is 17.4. The van der Waals surface area contributed by atoms with Gasteiger partial charge in [-0.1, -0.05) is 53.2 Å². The van der Waals surface area contributed by atoms with Gasteiger partial charge in [0.15, 0.2) is 12.4 Å². The van der Waals surface area contributed by atoms with Gasteiger partial charge >= 0.3 is 11.9 Å². The number of hydrogen-bond acceptors (Lipinski definition) is 8. The molecule has 1 heterocycles. The zero-order chi connectivity index (χ0) is 33.8. The lowest BCUT2D eigenvalue weighted by molar-refractivity contribution is -0.327. The fourth-order valence-corrected chi connectivity index (χ4v) is 12.2. The highest BCUT2D eigenvalue weighted by Gasteiger charge is 2.70. The standard InChI is InChI=1S/C36H56O10/c1-31(2)13-15-36(30(43)44)16-14-34(5)19(20(36)17-31)7-8-22-32(3)11-10-23(33(4,18-37)21(32)9-12-35(22,34)6)45-29-26(40)24(38)25(39)27(46-29)28(41)42/h7,20-27,29,37-40H,8-18H2,1-6H3,(H,41,42)(H,43,44)/t20-,21-,22-,23+,24+,25+,26-,27+,29-,32+,33+,34-,35-,36+/m1/s1. The maximum atomic E-state index is 12.9. The van der Waals surface area contributed by atoms with Crippen LogP contribution in [0.5, 0.6) is 0 Å². The van der Waals surface area contributed by atoms with E-state index < -0.39 is 59.6 Å². The summed E-state index contributed by atoms with van der Waals surface area (Å²) in [6.45, 7) is 13.6. The summed E-state index contributed by atoms with van der Waals surface area (Å²) in [5, 5.41) is 62.4. The number of ether oxygens (including phenoxy) is 2. The average molecular weight is 649 g/mol. The first-order valence-corrected chi connectivity index (χ1v) is 17.4. The molecule has 10 heteroatoms. The van der Waals surface area contributed by atoms with Crippen LogP contribution in [0.1, 0.15) is 106 Å². The van der Waals surface area contributed by atoms with Gasteiger partial charge in [0.25, 0.3) is 0 Å². The maximum absolute atomic E-state index is 12.9. The number of carbonyl (C=O) groups is 2. The van der Waals surface area contributed by atoms with Gasteiger partial charge in [-0.05, 0) is 104 Å². The zero-order valence-corrected chi connectivity index (χ0v) is 28.4. The van der Waals surface area contributed by atoms with Crippen LogP contribution in [0.25, 0.3) is 0 Å². The van der Waals surface area contributed by atoms with Crippen LogP contribution in [-0.4, -0.2) is 86.0 Å². The number of fused-ring (bicyclic) bond motifs is 7. The highest BCUT2D eigenvalue weighted by molar-refractivity contribution is 5.76. The van der Waals surface area contributed by atoms with Crippen molar-refractivity contribution in [1.29, 1.82) is 0 Å². The van der Waals surface area contributed by atoms with Crippen LogP contribution in [0.4, 0.5) is 0 Å². The molecule has 5 fully saturated rings. The van der Waals surface area contributed by atoms with Gasteiger partial charge in [-0.25, -0.2) is 4.79 Å². The largest absolute Gasteiger partial charge is 0.481 e. The van der Waals surface area contributed by atoms with Crippen molar-refractivity contribution in [3.05, 3.63) is 11.6 Å².